The van der Waals surface area contributed by atoms with Crippen LogP contribution in [-0.4, -0.2) is 26.1 Å². The molecule has 2 rings (SSSR count). The first kappa shape index (κ1) is 11.2. The van der Waals surface area contributed by atoms with Crippen LogP contribution < -0.4 is 15.4 Å². The molecule has 1 aliphatic rings. The van der Waals surface area contributed by atoms with Gasteiger partial charge >= 0.3 is 0 Å². The van der Waals surface area contributed by atoms with E-state index in [4.69, 9.17) is 16.3 Å². The van der Waals surface area contributed by atoms with Crippen LogP contribution >= 0.6 is 11.6 Å². The quantitative estimate of drug-likeness (QED) is 0.842. The monoisotopic (exact) mass is 240 g/mol. The summed E-state index contributed by atoms with van der Waals surface area (Å²) >= 11 is 6.01. The molecule has 1 amide bonds. The van der Waals surface area contributed by atoms with E-state index in [1.165, 1.54) is 0 Å². The average Bonchev–Trinajstić information content (AvgIpc) is 2.18. The Labute approximate surface area is 98.9 Å². The number of benzene rings is 1. The predicted octanol–water partition coefficient (Wildman–Crippen LogP) is 1.51. The van der Waals surface area contributed by atoms with E-state index < -0.39 is 0 Å². The van der Waals surface area contributed by atoms with Gasteiger partial charge in [-0.05, 0) is 12.1 Å². The summed E-state index contributed by atoms with van der Waals surface area (Å²) in [6.07, 6.45) is 0. The third-order valence-electron chi connectivity index (χ3n) is 2.59. The van der Waals surface area contributed by atoms with Gasteiger partial charge < -0.3 is 15.4 Å². The molecule has 5 heteroatoms. The fourth-order valence-electron chi connectivity index (χ4n) is 1.43. The Morgan fingerprint density at radius 1 is 1.56 bits per heavy atom. The molecular weight excluding hydrogens is 228 g/mol. The zero-order chi connectivity index (χ0) is 11.5. The lowest BCUT2D eigenvalue weighted by Gasteiger charge is -2.25. The second-order valence-electron chi connectivity index (χ2n) is 3.69. The molecule has 1 saturated heterocycles. The molecule has 16 heavy (non-hydrogen) atoms. The Balaban J connectivity index is 2.06. The maximum Gasteiger partial charge on any atom is 0.230 e. The highest BCUT2D eigenvalue weighted by atomic mass is 35.5. The molecule has 0 aromatic heterocycles. The highest BCUT2D eigenvalue weighted by Gasteiger charge is 2.25. The number of ether oxygens (including phenoxy) is 1. The van der Waals surface area contributed by atoms with Crippen LogP contribution in [0.4, 0.5) is 5.69 Å². The highest BCUT2D eigenvalue weighted by Crippen LogP contribution is 2.27. The van der Waals surface area contributed by atoms with Crippen LogP contribution in [0.3, 0.4) is 0 Å². The SMILES string of the molecule is COc1ccc(NC(=O)C2CNC2)c(Cl)c1. The molecule has 0 aliphatic carbocycles. The Morgan fingerprint density at radius 2 is 2.31 bits per heavy atom. The molecule has 0 saturated carbocycles. The van der Waals surface area contributed by atoms with Crippen molar-refractivity contribution in [3.05, 3.63) is 23.2 Å². The smallest absolute Gasteiger partial charge is 0.230 e. The standard InChI is InChI=1S/C11H13ClN2O2/c1-16-8-2-3-10(9(12)4-8)14-11(15)7-5-13-6-7/h2-4,7,13H,5-6H2,1H3,(H,14,15). The number of amides is 1. The number of rotatable bonds is 3. The van der Waals surface area contributed by atoms with Gasteiger partial charge in [-0.3, -0.25) is 4.79 Å². The van der Waals surface area contributed by atoms with Gasteiger partial charge in [-0.2, -0.15) is 0 Å². The van der Waals surface area contributed by atoms with Crippen molar-refractivity contribution < 1.29 is 9.53 Å². The first-order chi connectivity index (χ1) is 7.70. The second-order valence-corrected chi connectivity index (χ2v) is 4.10. The topological polar surface area (TPSA) is 50.4 Å². The molecule has 0 bridgehead atoms. The third-order valence-corrected chi connectivity index (χ3v) is 2.90. The van der Waals surface area contributed by atoms with Crippen LogP contribution in [0.25, 0.3) is 0 Å². The Kier molecular flexibility index (Phi) is 3.31. The average molecular weight is 241 g/mol. The van der Waals surface area contributed by atoms with Gasteiger partial charge in [-0.15, -0.1) is 0 Å². The van der Waals surface area contributed by atoms with E-state index in [9.17, 15) is 4.79 Å². The first-order valence-corrected chi connectivity index (χ1v) is 5.43. The molecular formula is C11H13ClN2O2. The van der Waals surface area contributed by atoms with E-state index in [0.717, 1.165) is 13.1 Å². The lowest BCUT2D eigenvalue weighted by Crippen LogP contribution is -2.48. The zero-order valence-electron chi connectivity index (χ0n) is 8.92. The van der Waals surface area contributed by atoms with E-state index in [0.29, 0.717) is 16.5 Å². The Bertz CT molecular complexity index is 405. The minimum atomic E-state index is 0.00539. The van der Waals surface area contributed by atoms with Crippen molar-refractivity contribution in [3.63, 3.8) is 0 Å². The number of hydrogen-bond donors (Lipinski definition) is 2. The molecule has 1 fully saturated rings. The lowest BCUT2D eigenvalue weighted by atomic mass is 10.0. The van der Waals surface area contributed by atoms with Gasteiger partial charge in [-0.1, -0.05) is 11.6 Å². The molecule has 86 valence electrons. The molecule has 1 heterocycles. The van der Waals surface area contributed by atoms with Crippen molar-refractivity contribution in [2.24, 2.45) is 5.92 Å². The van der Waals surface area contributed by atoms with Gasteiger partial charge in [0.05, 0.1) is 23.7 Å². The van der Waals surface area contributed by atoms with Gasteiger partial charge in [0.2, 0.25) is 5.91 Å². The number of halogens is 1. The van der Waals surface area contributed by atoms with Crippen LogP contribution in [-0.2, 0) is 4.79 Å². The van der Waals surface area contributed by atoms with Crippen LogP contribution in [0, 0.1) is 5.92 Å². The van der Waals surface area contributed by atoms with Crippen LogP contribution in [0.2, 0.25) is 5.02 Å². The zero-order valence-corrected chi connectivity index (χ0v) is 9.67. The van der Waals surface area contributed by atoms with E-state index in [-0.39, 0.29) is 11.8 Å². The van der Waals surface area contributed by atoms with Crippen molar-refractivity contribution in [1.29, 1.82) is 0 Å². The van der Waals surface area contributed by atoms with Gasteiger partial charge in [-0.25, -0.2) is 0 Å². The maximum atomic E-state index is 11.7. The van der Waals surface area contributed by atoms with Crippen LogP contribution in [0.1, 0.15) is 0 Å². The Hall–Kier alpha value is -1.26. The minimum absolute atomic E-state index is 0.00539. The highest BCUT2D eigenvalue weighted by molar-refractivity contribution is 6.33. The van der Waals surface area contributed by atoms with Crippen molar-refractivity contribution in [3.8, 4) is 5.75 Å². The number of hydrogen-bond acceptors (Lipinski definition) is 3. The van der Waals surface area contributed by atoms with Gasteiger partial charge in [0.25, 0.3) is 0 Å². The second kappa shape index (κ2) is 4.72. The van der Waals surface area contributed by atoms with Crippen LogP contribution in [0.15, 0.2) is 18.2 Å². The fraction of sp³-hybridized carbons (Fsp3) is 0.364. The van der Waals surface area contributed by atoms with Gasteiger partial charge in [0.1, 0.15) is 5.75 Å². The van der Waals surface area contributed by atoms with Gasteiger partial charge in [0.15, 0.2) is 0 Å². The predicted molar refractivity (Wildman–Crippen MR) is 63.0 cm³/mol. The van der Waals surface area contributed by atoms with Crippen molar-refractivity contribution >= 4 is 23.2 Å². The molecule has 1 aliphatic heterocycles. The van der Waals surface area contributed by atoms with E-state index in [1.54, 1.807) is 25.3 Å². The fourth-order valence-corrected chi connectivity index (χ4v) is 1.65. The maximum absolute atomic E-state index is 11.7. The van der Waals surface area contributed by atoms with E-state index >= 15 is 0 Å². The number of carbonyl (C=O) groups is 1. The molecule has 4 nitrogen and oxygen atoms in total. The van der Waals surface area contributed by atoms with Gasteiger partial charge in [0, 0.05) is 19.2 Å². The summed E-state index contributed by atoms with van der Waals surface area (Å²) < 4.78 is 5.03. The summed E-state index contributed by atoms with van der Waals surface area (Å²) in [5.41, 5.74) is 0.624. The third kappa shape index (κ3) is 2.28. The summed E-state index contributed by atoms with van der Waals surface area (Å²) in [6, 6.07) is 5.18. The molecule has 1 aromatic carbocycles. The molecule has 2 N–H and O–H groups in total. The first-order valence-electron chi connectivity index (χ1n) is 5.06. The lowest BCUT2D eigenvalue weighted by molar-refractivity contribution is -0.121. The van der Waals surface area contributed by atoms with Crippen molar-refractivity contribution in [1.82, 2.24) is 5.32 Å². The summed E-state index contributed by atoms with van der Waals surface area (Å²) in [7, 11) is 1.57. The van der Waals surface area contributed by atoms with Crippen molar-refractivity contribution in [2.75, 3.05) is 25.5 Å². The number of nitrogens with one attached hydrogen (secondary N) is 2. The van der Waals surface area contributed by atoms with E-state index in [2.05, 4.69) is 10.6 Å². The molecule has 0 spiro atoms. The van der Waals surface area contributed by atoms with Crippen LogP contribution in [0.5, 0.6) is 5.75 Å². The normalized spacial score (nSPS) is 15.4. The molecule has 1 aromatic rings. The summed E-state index contributed by atoms with van der Waals surface area (Å²) in [5, 5.41) is 6.33. The number of carbonyl (C=O) groups excluding carboxylic acids is 1. The molecule has 0 unspecified atom stereocenters. The molecule has 0 atom stereocenters. The number of methoxy groups -OCH3 is 1. The summed E-state index contributed by atoms with van der Waals surface area (Å²) in [4.78, 5) is 11.7. The minimum Gasteiger partial charge on any atom is -0.497 e. The van der Waals surface area contributed by atoms with E-state index in [1.807, 2.05) is 0 Å². The largest absolute Gasteiger partial charge is 0.497 e. The summed E-state index contributed by atoms with van der Waals surface area (Å²) in [6.45, 7) is 1.47. The van der Waals surface area contributed by atoms with Crippen molar-refractivity contribution in [2.45, 2.75) is 0 Å². The summed E-state index contributed by atoms with van der Waals surface area (Å²) in [5.74, 6) is 0.734. The Morgan fingerprint density at radius 3 is 2.81 bits per heavy atom. The number of anilines is 1. The molecule has 0 radical (unpaired) electrons.